The van der Waals surface area contributed by atoms with Gasteiger partial charge in [0.05, 0.1) is 6.26 Å². The van der Waals surface area contributed by atoms with Crippen molar-refractivity contribution in [3.8, 4) is 0 Å². The highest BCUT2D eigenvalue weighted by Crippen LogP contribution is 2.07. The first kappa shape index (κ1) is 12.2. The first-order chi connectivity index (χ1) is 7.74. The molecule has 0 aliphatic rings. The van der Waals surface area contributed by atoms with E-state index in [0.717, 1.165) is 6.26 Å². The lowest BCUT2D eigenvalue weighted by Gasteiger charge is -2.00. The number of rotatable bonds is 6. The second-order valence-electron chi connectivity index (χ2n) is 3.30. The van der Waals surface area contributed by atoms with E-state index in [9.17, 15) is 9.59 Å². The zero-order valence-electron chi connectivity index (χ0n) is 9.02. The molecule has 0 saturated carbocycles. The van der Waals surface area contributed by atoms with E-state index in [4.69, 9.17) is 0 Å². The number of carbonyl (C=O) groups is 2. The Kier molecular flexibility index (Phi) is 4.99. The molecule has 0 heterocycles. The highest BCUT2D eigenvalue weighted by atomic mass is 16.5. The maximum Gasteiger partial charge on any atom is 0.310 e. The number of benzene rings is 1. The molecule has 1 aromatic rings. The molecule has 0 atom stereocenters. The zero-order chi connectivity index (χ0) is 11.8. The molecule has 0 saturated heterocycles. The van der Waals surface area contributed by atoms with Crippen LogP contribution in [0.3, 0.4) is 0 Å². The van der Waals surface area contributed by atoms with Crippen molar-refractivity contribution in [3.05, 3.63) is 48.7 Å². The van der Waals surface area contributed by atoms with Crippen LogP contribution in [0.5, 0.6) is 0 Å². The zero-order valence-corrected chi connectivity index (χ0v) is 9.02. The maximum atomic E-state index is 11.6. The Morgan fingerprint density at radius 3 is 2.50 bits per heavy atom. The van der Waals surface area contributed by atoms with Crippen LogP contribution >= 0.6 is 0 Å². The molecule has 1 rings (SSSR count). The number of ketones is 1. The van der Waals surface area contributed by atoms with Crippen LogP contribution in [0.15, 0.2) is 43.2 Å². The summed E-state index contributed by atoms with van der Waals surface area (Å²) in [5, 5.41) is 0. The number of esters is 1. The molecule has 0 aromatic heterocycles. The van der Waals surface area contributed by atoms with Crippen molar-refractivity contribution in [1.29, 1.82) is 0 Å². The van der Waals surface area contributed by atoms with E-state index in [1.165, 1.54) is 0 Å². The molecule has 0 fully saturated rings. The summed E-state index contributed by atoms with van der Waals surface area (Å²) in [6, 6.07) is 9.03. The third-order valence-electron chi connectivity index (χ3n) is 2.10. The van der Waals surface area contributed by atoms with E-state index < -0.39 is 0 Å². The first-order valence-electron chi connectivity index (χ1n) is 5.12. The lowest BCUT2D eigenvalue weighted by molar-refractivity contribution is -0.138. The third-order valence-corrected chi connectivity index (χ3v) is 2.10. The highest BCUT2D eigenvalue weighted by Gasteiger charge is 2.07. The van der Waals surface area contributed by atoms with Gasteiger partial charge < -0.3 is 4.74 Å². The van der Waals surface area contributed by atoms with Gasteiger partial charge in [-0.1, -0.05) is 36.9 Å². The van der Waals surface area contributed by atoms with Crippen LogP contribution < -0.4 is 0 Å². The summed E-state index contributed by atoms with van der Waals surface area (Å²) in [6.07, 6.45) is 2.20. The largest absolute Gasteiger partial charge is 0.435 e. The van der Waals surface area contributed by atoms with Gasteiger partial charge in [-0.3, -0.25) is 9.59 Å². The smallest absolute Gasteiger partial charge is 0.310 e. The van der Waals surface area contributed by atoms with Gasteiger partial charge in [-0.05, 0) is 6.42 Å². The number of Topliss-reactive ketones (excluding diaryl/α,β-unsaturated/α-hetero) is 1. The van der Waals surface area contributed by atoms with E-state index in [1.807, 2.05) is 18.2 Å². The standard InChI is InChI=1S/C13H14O3/c1-2-16-13(15)10-6-9-12(14)11-7-4-3-5-8-11/h2-5,7-8H,1,6,9-10H2. The average Bonchev–Trinajstić information content (AvgIpc) is 2.30. The minimum Gasteiger partial charge on any atom is -0.435 e. The van der Waals surface area contributed by atoms with Crippen molar-refractivity contribution in [2.24, 2.45) is 0 Å². The Labute approximate surface area is 94.7 Å². The van der Waals surface area contributed by atoms with Crippen LogP contribution in [-0.2, 0) is 9.53 Å². The summed E-state index contributed by atoms with van der Waals surface area (Å²) in [6.45, 7) is 3.28. The quantitative estimate of drug-likeness (QED) is 0.419. The fourth-order valence-corrected chi connectivity index (χ4v) is 1.31. The molecule has 0 bridgehead atoms. The monoisotopic (exact) mass is 218 g/mol. The minimum absolute atomic E-state index is 0.0482. The second kappa shape index (κ2) is 6.56. The molecule has 0 unspecified atom stereocenters. The van der Waals surface area contributed by atoms with Gasteiger partial charge in [-0.2, -0.15) is 0 Å². The number of hydrogen-bond acceptors (Lipinski definition) is 3. The number of hydrogen-bond donors (Lipinski definition) is 0. The van der Waals surface area contributed by atoms with Crippen LogP contribution in [0.25, 0.3) is 0 Å². The molecule has 84 valence electrons. The molecule has 3 nitrogen and oxygen atoms in total. The lowest BCUT2D eigenvalue weighted by atomic mass is 10.1. The minimum atomic E-state index is -0.351. The topological polar surface area (TPSA) is 43.4 Å². The Morgan fingerprint density at radius 2 is 1.88 bits per heavy atom. The van der Waals surface area contributed by atoms with Crippen LogP contribution in [0.2, 0.25) is 0 Å². The van der Waals surface area contributed by atoms with Crippen LogP contribution in [-0.4, -0.2) is 11.8 Å². The van der Waals surface area contributed by atoms with Crippen LogP contribution in [0.1, 0.15) is 29.6 Å². The average molecular weight is 218 g/mol. The molecule has 0 aliphatic heterocycles. The normalized spacial score (nSPS) is 9.50. The van der Waals surface area contributed by atoms with Gasteiger partial charge in [-0.15, -0.1) is 0 Å². The molecule has 0 spiro atoms. The van der Waals surface area contributed by atoms with Gasteiger partial charge >= 0.3 is 5.97 Å². The van der Waals surface area contributed by atoms with E-state index in [2.05, 4.69) is 11.3 Å². The maximum absolute atomic E-state index is 11.6. The predicted octanol–water partition coefficient (Wildman–Crippen LogP) is 2.73. The van der Waals surface area contributed by atoms with Gasteiger partial charge in [0.2, 0.25) is 0 Å². The fourth-order valence-electron chi connectivity index (χ4n) is 1.31. The van der Waals surface area contributed by atoms with Gasteiger partial charge in [-0.25, -0.2) is 0 Å². The molecule has 0 radical (unpaired) electrons. The van der Waals surface area contributed by atoms with E-state index in [-0.39, 0.29) is 18.2 Å². The van der Waals surface area contributed by atoms with Crippen LogP contribution in [0, 0.1) is 0 Å². The van der Waals surface area contributed by atoms with Crippen molar-refractivity contribution in [2.75, 3.05) is 0 Å². The second-order valence-corrected chi connectivity index (χ2v) is 3.30. The molecule has 16 heavy (non-hydrogen) atoms. The summed E-state index contributed by atoms with van der Waals surface area (Å²) >= 11 is 0. The van der Waals surface area contributed by atoms with Gasteiger partial charge in [0.1, 0.15) is 0 Å². The molecule has 0 aliphatic carbocycles. The highest BCUT2D eigenvalue weighted by molar-refractivity contribution is 5.96. The van der Waals surface area contributed by atoms with Crippen molar-refractivity contribution < 1.29 is 14.3 Å². The molecule has 0 N–H and O–H groups in total. The number of carbonyl (C=O) groups excluding carboxylic acids is 2. The molecule has 1 aromatic carbocycles. The Bertz CT molecular complexity index is 368. The SMILES string of the molecule is C=COC(=O)CCCC(=O)c1ccccc1. The van der Waals surface area contributed by atoms with E-state index in [0.29, 0.717) is 18.4 Å². The van der Waals surface area contributed by atoms with Crippen molar-refractivity contribution in [1.82, 2.24) is 0 Å². The summed E-state index contributed by atoms with van der Waals surface area (Å²) in [4.78, 5) is 22.6. The predicted molar refractivity (Wildman–Crippen MR) is 60.9 cm³/mol. The lowest BCUT2D eigenvalue weighted by Crippen LogP contribution is -2.03. The van der Waals surface area contributed by atoms with E-state index in [1.54, 1.807) is 12.1 Å². The Balaban J connectivity index is 2.31. The Morgan fingerprint density at radius 1 is 1.19 bits per heavy atom. The fraction of sp³-hybridized carbons (Fsp3) is 0.231. The van der Waals surface area contributed by atoms with Gasteiger partial charge in [0.15, 0.2) is 5.78 Å². The van der Waals surface area contributed by atoms with Gasteiger partial charge in [0.25, 0.3) is 0 Å². The van der Waals surface area contributed by atoms with Crippen molar-refractivity contribution in [3.63, 3.8) is 0 Å². The molecule has 3 heteroatoms. The summed E-state index contributed by atoms with van der Waals surface area (Å²) in [5.74, 6) is -0.303. The Hall–Kier alpha value is -1.90. The van der Waals surface area contributed by atoms with Crippen molar-refractivity contribution in [2.45, 2.75) is 19.3 Å². The third kappa shape index (κ3) is 4.09. The summed E-state index contributed by atoms with van der Waals surface area (Å²) in [5.41, 5.74) is 0.680. The van der Waals surface area contributed by atoms with Gasteiger partial charge in [0, 0.05) is 18.4 Å². The van der Waals surface area contributed by atoms with Crippen molar-refractivity contribution >= 4 is 11.8 Å². The van der Waals surface area contributed by atoms with E-state index >= 15 is 0 Å². The summed E-state index contributed by atoms with van der Waals surface area (Å²) in [7, 11) is 0. The number of ether oxygens (including phenoxy) is 1. The molecule has 0 amide bonds. The van der Waals surface area contributed by atoms with Crippen LogP contribution in [0.4, 0.5) is 0 Å². The first-order valence-corrected chi connectivity index (χ1v) is 5.12. The summed E-state index contributed by atoms with van der Waals surface area (Å²) < 4.78 is 4.54. The molecular weight excluding hydrogens is 204 g/mol. The molecular formula is C13H14O3.